The van der Waals surface area contributed by atoms with Crippen molar-refractivity contribution in [3.8, 4) is 0 Å². The monoisotopic (exact) mass is 193 g/mol. The first kappa shape index (κ1) is 9.85. The first-order valence-corrected chi connectivity index (χ1v) is 3.68. The van der Waals surface area contributed by atoms with E-state index < -0.39 is 5.09 Å². The highest BCUT2D eigenvalue weighted by Gasteiger charge is 1.87. The van der Waals surface area contributed by atoms with Crippen molar-refractivity contribution in [1.82, 2.24) is 9.97 Å². The third-order valence-electron chi connectivity index (χ3n) is 1.41. The van der Waals surface area contributed by atoms with E-state index in [-0.39, 0.29) is 0 Å². The minimum Gasteiger partial charge on any atom is -0.328 e. The number of rotatable bonds is 0. The number of nitrogens with zero attached hydrogens (tertiary/aromatic N) is 3. The lowest BCUT2D eigenvalue weighted by Crippen LogP contribution is -1.81. The van der Waals surface area contributed by atoms with Gasteiger partial charge in [-0.3, -0.25) is 0 Å². The molecular weight excluding hydrogens is 186 g/mol. The number of fused-ring (bicyclic) bond motifs is 1. The van der Waals surface area contributed by atoms with E-state index in [1.807, 2.05) is 30.5 Å². The zero-order chi connectivity index (χ0) is 10.4. The van der Waals surface area contributed by atoms with Crippen LogP contribution in [0.4, 0.5) is 0 Å². The topological polar surface area (TPSA) is 89.2 Å². The van der Waals surface area contributed by atoms with Crippen LogP contribution in [-0.2, 0) is 0 Å². The second-order valence-electron chi connectivity index (χ2n) is 2.32. The number of aromatic nitrogens is 2. The van der Waals surface area contributed by atoms with Crippen molar-refractivity contribution < 1.29 is 10.3 Å². The van der Waals surface area contributed by atoms with Crippen LogP contribution in [0.3, 0.4) is 0 Å². The van der Waals surface area contributed by atoms with Crippen LogP contribution in [0.1, 0.15) is 0 Å². The molecule has 0 unspecified atom stereocenters. The Hall–Kier alpha value is -2.24. The predicted molar refractivity (Wildman–Crippen MR) is 48.3 cm³/mol. The summed E-state index contributed by atoms with van der Waals surface area (Å²) in [5.74, 6) is 0. The summed E-state index contributed by atoms with van der Waals surface area (Å²) in [6, 6.07) is 7.91. The summed E-state index contributed by atoms with van der Waals surface area (Å²) in [4.78, 5) is 16.3. The SMILES string of the molecule is O=[N+]([O-])O.c1ccc2ncncc2c1. The van der Waals surface area contributed by atoms with E-state index in [4.69, 9.17) is 15.3 Å². The van der Waals surface area contributed by atoms with Crippen molar-refractivity contribution >= 4 is 10.9 Å². The average molecular weight is 193 g/mol. The molecule has 1 N–H and O–H groups in total. The molecule has 6 nitrogen and oxygen atoms in total. The maximum Gasteiger partial charge on any atom is 0.291 e. The third kappa shape index (κ3) is 3.02. The Morgan fingerprint density at radius 1 is 1.36 bits per heavy atom. The predicted octanol–water partition coefficient (Wildman–Crippen LogP) is 1.28. The highest BCUT2D eigenvalue weighted by Crippen LogP contribution is 2.06. The van der Waals surface area contributed by atoms with Crippen LogP contribution in [0, 0.1) is 10.1 Å². The van der Waals surface area contributed by atoms with Gasteiger partial charge in [-0.25, -0.2) is 9.97 Å². The van der Waals surface area contributed by atoms with Crippen LogP contribution in [0.2, 0.25) is 0 Å². The molecule has 72 valence electrons. The first-order chi connectivity index (χ1) is 6.70. The molecule has 1 heterocycles. The molecule has 2 rings (SSSR count). The molecule has 0 bridgehead atoms. The molecule has 0 fully saturated rings. The van der Waals surface area contributed by atoms with Gasteiger partial charge in [0.15, 0.2) is 0 Å². The van der Waals surface area contributed by atoms with Gasteiger partial charge in [-0.05, 0) is 6.07 Å². The fraction of sp³-hybridized carbons (Fsp3) is 0. The number of hydrogen-bond donors (Lipinski definition) is 1. The largest absolute Gasteiger partial charge is 0.328 e. The fourth-order valence-electron chi connectivity index (χ4n) is 0.923. The minimum atomic E-state index is -1.50. The minimum absolute atomic E-state index is 0.998. The third-order valence-corrected chi connectivity index (χ3v) is 1.41. The summed E-state index contributed by atoms with van der Waals surface area (Å²) in [6.07, 6.45) is 3.37. The lowest BCUT2D eigenvalue weighted by Gasteiger charge is -1.90. The number of hydrogen-bond acceptors (Lipinski definition) is 4. The molecule has 0 amide bonds. The molecule has 2 aromatic rings. The molecule has 1 aromatic carbocycles. The summed E-state index contributed by atoms with van der Waals surface area (Å²) in [5.41, 5.74) is 0.998. The smallest absolute Gasteiger partial charge is 0.291 e. The molecule has 0 saturated heterocycles. The number of benzene rings is 1. The van der Waals surface area contributed by atoms with Crippen LogP contribution in [-0.4, -0.2) is 20.3 Å². The summed E-state index contributed by atoms with van der Waals surface area (Å²) in [7, 11) is 0. The zero-order valence-electron chi connectivity index (χ0n) is 7.07. The van der Waals surface area contributed by atoms with Gasteiger partial charge < -0.3 is 5.21 Å². The zero-order valence-corrected chi connectivity index (χ0v) is 7.07. The Morgan fingerprint density at radius 2 is 2.00 bits per heavy atom. The summed E-state index contributed by atoms with van der Waals surface area (Å²) >= 11 is 0. The second-order valence-corrected chi connectivity index (χ2v) is 2.32. The van der Waals surface area contributed by atoms with Gasteiger partial charge in [0, 0.05) is 11.6 Å². The molecule has 0 saturated carbocycles. The van der Waals surface area contributed by atoms with Crippen molar-refractivity contribution in [3.63, 3.8) is 0 Å². The maximum absolute atomic E-state index is 8.36. The summed E-state index contributed by atoms with van der Waals surface area (Å²) in [6.45, 7) is 0. The van der Waals surface area contributed by atoms with Gasteiger partial charge in [0.05, 0.1) is 5.52 Å². The van der Waals surface area contributed by atoms with Gasteiger partial charge in [0.1, 0.15) is 6.33 Å². The van der Waals surface area contributed by atoms with Crippen molar-refractivity contribution in [1.29, 1.82) is 0 Å². The van der Waals surface area contributed by atoms with Gasteiger partial charge in [0.25, 0.3) is 5.09 Å². The van der Waals surface area contributed by atoms with E-state index in [1.54, 1.807) is 6.33 Å². The van der Waals surface area contributed by atoms with Gasteiger partial charge >= 0.3 is 0 Å². The van der Waals surface area contributed by atoms with E-state index in [9.17, 15) is 0 Å². The van der Waals surface area contributed by atoms with Crippen LogP contribution in [0.5, 0.6) is 0 Å². The van der Waals surface area contributed by atoms with Gasteiger partial charge in [-0.1, -0.05) is 18.2 Å². The molecule has 6 heteroatoms. The molecule has 0 spiro atoms. The Balaban J connectivity index is 0.000000213. The highest BCUT2D eigenvalue weighted by atomic mass is 16.9. The van der Waals surface area contributed by atoms with E-state index in [0.717, 1.165) is 10.9 Å². The Kier molecular flexibility index (Phi) is 3.31. The van der Waals surface area contributed by atoms with Crippen LogP contribution < -0.4 is 0 Å². The molecular formula is C8H7N3O3. The summed E-state index contributed by atoms with van der Waals surface area (Å²) < 4.78 is 0. The Labute approximate surface area is 79.0 Å². The van der Waals surface area contributed by atoms with Gasteiger partial charge in [-0.15, -0.1) is 10.1 Å². The fourth-order valence-corrected chi connectivity index (χ4v) is 0.923. The van der Waals surface area contributed by atoms with Crippen molar-refractivity contribution in [2.75, 3.05) is 0 Å². The van der Waals surface area contributed by atoms with Crippen molar-refractivity contribution in [2.45, 2.75) is 0 Å². The van der Waals surface area contributed by atoms with Crippen LogP contribution >= 0.6 is 0 Å². The van der Waals surface area contributed by atoms with E-state index in [0.29, 0.717) is 0 Å². The standard InChI is InChI=1S/C8H6N2.HNO3/c1-2-4-8-7(3-1)5-9-6-10-8;2-1(3)4/h1-6H;(H,2,3,4). The van der Waals surface area contributed by atoms with Gasteiger partial charge in [0.2, 0.25) is 0 Å². The van der Waals surface area contributed by atoms with Crippen LogP contribution in [0.15, 0.2) is 36.8 Å². The molecule has 0 aliphatic rings. The molecule has 14 heavy (non-hydrogen) atoms. The Morgan fingerprint density at radius 3 is 2.64 bits per heavy atom. The van der Waals surface area contributed by atoms with Crippen LogP contribution in [0.25, 0.3) is 10.9 Å². The quantitative estimate of drug-likeness (QED) is 0.502. The lowest BCUT2D eigenvalue weighted by atomic mass is 10.2. The van der Waals surface area contributed by atoms with E-state index in [2.05, 4.69) is 9.97 Å². The number of para-hydroxylation sites is 1. The second kappa shape index (κ2) is 4.70. The molecule has 0 radical (unpaired) electrons. The first-order valence-electron chi connectivity index (χ1n) is 3.68. The van der Waals surface area contributed by atoms with E-state index >= 15 is 0 Å². The average Bonchev–Trinajstić information content (AvgIpc) is 2.17. The lowest BCUT2D eigenvalue weighted by molar-refractivity contribution is -0.742. The molecule has 0 aliphatic carbocycles. The summed E-state index contributed by atoms with van der Waals surface area (Å²) in [5, 5.41) is 14.7. The molecule has 0 aliphatic heterocycles. The highest BCUT2D eigenvalue weighted by molar-refractivity contribution is 5.76. The van der Waals surface area contributed by atoms with Gasteiger partial charge in [-0.2, -0.15) is 0 Å². The molecule has 1 aromatic heterocycles. The van der Waals surface area contributed by atoms with Crippen molar-refractivity contribution in [3.05, 3.63) is 46.9 Å². The van der Waals surface area contributed by atoms with Crippen molar-refractivity contribution in [2.24, 2.45) is 0 Å². The normalized spacial score (nSPS) is 8.86. The Bertz CT molecular complexity index is 363. The van der Waals surface area contributed by atoms with E-state index in [1.165, 1.54) is 0 Å². The maximum atomic E-state index is 8.36. The molecule has 0 atom stereocenters.